The molecule has 4 heteroatoms. The predicted molar refractivity (Wildman–Crippen MR) is 68.2 cm³/mol. The summed E-state index contributed by atoms with van der Waals surface area (Å²) in [7, 11) is 0. The first-order chi connectivity index (χ1) is 7.99. The molecule has 17 heavy (non-hydrogen) atoms. The van der Waals surface area contributed by atoms with Gasteiger partial charge in [0.15, 0.2) is 5.78 Å². The van der Waals surface area contributed by atoms with Gasteiger partial charge in [0.05, 0.1) is 6.54 Å². The minimum absolute atomic E-state index is 0.0197. The lowest BCUT2D eigenvalue weighted by Crippen LogP contribution is -2.30. The highest BCUT2D eigenvalue weighted by Gasteiger charge is 2.09. The number of amides is 1. The molecule has 1 rings (SSSR count). The van der Waals surface area contributed by atoms with Crippen LogP contribution in [-0.2, 0) is 4.79 Å². The summed E-state index contributed by atoms with van der Waals surface area (Å²) in [6.45, 7) is 3.93. The highest BCUT2D eigenvalue weighted by molar-refractivity contribution is 6.31. The van der Waals surface area contributed by atoms with Crippen LogP contribution in [0.1, 0.15) is 30.6 Å². The van der Waals surface area contributed by atoms with Crippen molar-refractivity contribution in [3.05, 3.63) is 34.9 Å². The Balaban J connectivity index is 2.48. The zero-order valence-electron chi connectivity index (χ0n) is 10.00. The first-order valence-corrected chi connectivity index (χ1v) is 5.92. The van der Waals surface area contributed by atoms with Gasteiger partial charge in [0, 0.05) is 17.0 Å². The van der Waals surface area contributed by atoms with Crippen LogP contribution in [0.15, 0.2) is 24.3 Å². The van der Waals surface area contributed by atoms with Gasteiger partial charge in [-0.2, -0.15) is 0 Å². The second kappa shape index (κ2) is 6.40. The van der Waals surface area contributed by atoms with E-state index in [1.54, 1.807) is 24.3 Å². The minimum atomic E-state index is -0.135. The molecule has 1 aromatic rings. The normalized spacial score (nSPS) is 10.4. The van der Waals surface area contributed by atoms with E-state index in [1.165, 1.54) is 0 Å². The molecule has 0 unspecified atom stereocenters. The Hall–Kier alpha value is -1.35. The van der Waals surface area contributed by atoms with Crippen molar-refractivity contribution < 1.29 is 9.59 Å². The molecule has 0 spiro atoms. The maximum absolute atomic E-state index is 11.7. The van der Waals surface area contributed by atoms with Gasteiger partial charge in [0.1, 0.15) is 0 Å². The van der Waals surface area contributed by atoms with Crippen molar-refractivity contribution in [1.82, 2.24) is 5.32 Å². The molecule has 0 heterocycles. The number of carbonyl (C=O) groups is 2. The number of hydrogen-bond acceptors (Lipinski definition) is 2. The molecule has 0 saturated carbocycles. The number of nitrogens with one attached hydrogen (secondary N) is 1. The number of carbonyl (C=O) groups excluding carboxylic acids is 2. The quantitative estimate of drug-likeness (QED) is 0.820. The summed E-state index contributed by atoms with van der Waals surface area (Å²) in [5, 5.41) is 3.12. The molecule has 0 aromatic heterocycles. The van der Waals surface area contributed by atoms with Crippen LogP contribution in [0, 0.1) is 5.92 Å². The van der Waals surface area contributed by atoms with Crippen molar-refractivity contribution in [2.45, 2.75) is 20.3 Å². The molecular weight excluding hydrogens is 238 g/mol. The van der Waals surface area contributed by atoms with Crippen molar-refractivity contribution >= 4 is 23.3 Å². The van der Waals surface area contributed by atoms with E-state index in [-0.39, 0.29) is 24.2 Å². The average Bonchev–Trinajstić information content (AvgIpc) is 2.25. The summed E-state index contributed by atoms with van der Waals surface area (Å²) in [5.41, 5.74) is 0.516. The van der Waals surface area contributed by atoms with E-state index in [1.807, 2.05) is 13.8 Å². The molecule has 1 amide bonds. The second-order valence-electron chi connectivity index (χ2n) is 4.31. The summed E-state index contributed by atoms with van der Waals surface area (Å²) >= 11 is 5.78. The van der Waals surface area contributed by atoms with E-state index in [0.29, 0.717) is 17.0 Å². The lowest BCUT2D eigenvalue weighted by molar-refractivity contribution is -0.121. The van der Waals surface area contributed by atoms with Crippen molar-refractivity contribution in [3.63, 3.8) is 0 Å². The highest BCUT2D eigenvalue weighted by Crippen LogP contribution is 2.10. The Morgan fingerprint density at radius 1 is 1.35 bits per heavy atom. The Labute approximate surface area is 106 Å². The smallest absolute Gasteiger partial charge is 0.220 e. The lowest BCUT2D eigenvalue weighted by Gasteiger charge is -2.06. The van der Waals surface area contributed by atoms with Crippen LogP contribution >= 0.6 is 11.6 Å². The topological polar surface area (TPSA) is 46.2 Å². The molecule has 3 nitrogen and oxygen atoms in total. The van der Waals surface area contributed by atoms with Gasteiger partial charge in [-0.25, -0.2) is 0 Å². The van der Waals surface area contributed by atoms with E-state index in [4.69, 9.17) is 11.6 Å². The number of hydrogen-bond donors (Lipinski definition) is 1. The van der Waals surface area contributed by atoms with Crippen LogP contribution in [0.5, 0.6) is 0 Å². The minimum Gasteiger partial charge on any atom is -0.349 e. The fraction of sp³-hybridized carbons (Fsp3) is 0.385. The summed E-state index contributed by atoms with van der Waals surface area (Å²) in [4.78, 5) is 23.1. The zero-order chi connectivity index (χ0) is 12.8. The molecule has 0 radical (unpaired) electrons. The molecule has 0 saturated heterocycles. The van der Waals surface area contributed by atoms with Crippen LogP contribution in [0.3, 0.4) is 0 Å². The average molecular weight is 254 g/mol. The number of ketones is 1. The van der Waals surface area contributed by atoms with E-state index in [9.17, 15) is 9.59 Å². The van der Waals surface area contributed by atoms with E-state index < -0.39 is 0 Å². The van der Waals surface area contributed by atoms with E-state index >= 15 is 0 Å². The van der Waals surface area contributed by atoms with Crippen LogP contribution in [0.25, 0.3) is 0 Å². The van der Waals surface area contributed by atoms with E-state index in [2.05, 4.69) is 5.32 Å². The molecule has 0 aliphatic carbocycles. The first kappa shape index (κ1) is 13.7. The first-order valence-electron chi connectivity index (χ1n) is 5.54. The van der Waals surface area contributed by atoms with Gasteiger partial charge in [-0.05, 0) is 18.1 Å². The fourth-order valence-corrected chi connectivity index (χ4v) is 1.58. The van der Waals surface area contributed by atoms with Crippen LogP contribution in [-0.4, -0.2) is 18.2 Å². The predicted octanol–water partition coefficient (Wildman–Crippen LogP) is 2.69. The second-order valence-corrected chi connectivity index (χ2v) is 4.74. The van der Waals surface area contributed by atoms with Crippen molar-refractivity contribution in [1.29, 1.82) is 0 Å². The number of Topliss-reactive ketones (excluding diaryl/α,β-unsaturated/α-hetero) is 1. The summed E-state index contributed by atoms with van der Waals surface area (Å²) in [6.07, 6.45) is 0.433. The summed E-state index contributed by atoms with van der Waals surface area (Å²) in [6, 6.07) is 6.70. The highest BCUT2D eigenvalue weighted by atomic mass is 35.5. The monoisotopic (exact) mass is 253 g/mol. The number of halogens is 1. The summed E-state index contributed by atoms with van der Waals surface area (Å²) in [5.74, 6) is 0.0521. The molecule has 0 fully saturated rings. The third kappa shape index (κ3) is 5.00. The van der Waals surface area contributed by atoms with E-state index in [0.717, 1.165) is 0 Å². The van der Waals surface area contributed by atoms with Gasteiger partial charge in [-0.15, -0.1) is 0 Å². The van der Waals surface area contributed by atoms with Gasteiger partial charge < -0.3 is 5.32 Å². The molecular formula is C13H16ClNO2. The van der Waals surface area contributed by atoms with Crippen molar-refractivity contribution in [2.75, 3.05) is 6.54 Å². The summed E-state index contributed by atoms with van der Waals surface area (Å²) < 4.78 is 0. The molecule has 92 valence electrons. The maximum Gasteiger partial charge on any atom is 0.220 e. The molecule has 0 aliphatic heterocycles. The largest absolute Gasteiger partial charge is 0.349 e. The maximum atomic E-state index is 11.7. The SMILES string of the molecule is CC(C)CC(=O)NCC(=O)c1cccc(Cl)c1. The van der Waals surface area contributed by atoms with Crippen molar-refractivity contribution in [2.24, 2.45) is 5.92 Å². The zero-order valence-corrected chi connectivity index (χ0v) is 10.8. The lowest BCUT2D eigenvalue weighted by atomic mass is 10.1. The van der Waals surface area contributed by atoms with Gasteiger partial charge in [0.2, 0.25) is 5.91 Å². The van der Waals surface area contributed by atoms with Gasteiger partial charge in [0.25, 0.3) is 0 Å². The third-order valence-corrected chi connectivity index (χ3v) is 2.42. The van der Waals surface area contributed by atoms with Gasteiger partial charge in [-0.1, -0.05) is 37.6 Å². The van der Waals surface area contributed by atoms with Crippen molar-refractivity contribution in [3.8, 4) is 0 Å². The standard InChI is InChI=1S/C13H16ClNO2/c1-9(2)6-13(17)15-8-12(16)10-4-3-5-11(14)7-10/h3-5,7,9H,6,8H2,1-2H3,(H,15,17). The fourth-order valence-electron chi connectivity index (χ4n) is 1.39. The Morgan fingerprint density at radius 3 is 2.65 bits per heavy atom. The molecule has 1 N–H and O–H groups in total. The Kier molecular flexibility index (Phi) is 5.16. The molecule has 1 aromatic carbocycles. The van der Waals surface area contributed by atoms with Crippen LogP contribution < -0.4 is 5.32 Å². The van der Waals surface area contributed by atoms with Crippen LogP contribution in [0.4, 0.5) is 0 Å². The molecule has 0 atom stereocenters. The van der Waals surface area contributed by atoms with Crippen LogP contribution in [0.2, 0.25) is 5.02 Å². The number of benzene rings is 1. The Bertz CT molecular complexity index is 416. The molecule has 0 aliphatic rings. The number of rotatable bonds is 5. The third-order valence-electron chi connectivity index (χ3n) is 2.19. The van der Waals surface area contributed by atoms with Gasteiger partial charge >= 0.3 is 0 Å². The molecule has 0 bridgehead atoms. The Morgan fingerprint density at radius 2 is 2.06 bits per heavy atom. The van der Waals surface area contributed by atoms with Gasteiger partial charge in [-0.3, -0.25) is 9.59 Å².